The van der Waals surface area contributed by atoms with Crippen LogP contribution in [0.2, 0.25) is 0 Å². The van der Waals surface area contributed by atoms with Gasteiger partial charge in [0.15, 0.2) is 0 Å². The molecule has 0 aliphatic carbocycles. The number of carboxylic acids is 1. The summed E-state index contributed by atoms with van der Waals surface area (Å²) in [4.78, 5) is 23.1. The Kier molecular flexibility index (Phi) is 4.75. The maximum absolute atomic E-state index is 11.9. The van der Waals surface area contributed by atoms with Gasteiger partial charge in [-0.05, 0) is 20.8 Å². The molecule has 1 saturated heterocycles. The molecule has 0 aromatic rings. The van der Waals surface area contributed by atoms with E-state index in [4.69, 9.17) is 9.47 Å². The third-order valence-corrected chi connectivity index (χ3v) is 3.21. The lowest BCUT2D eigenvalue weighted by Crippen LogP contribution is -2.57. The number of aliphatic carboxylic acids is 1. The molecule has 0 radical (unpaired) electrons. The van der Waals surface area contributed by atoms with E-state index in [9.17, 15) is 14.7 Å². The van der Waals surface area contributed by atoms with Crippen LogP contribution in [-0.2, 0) is 14.3 Å². The number of nitrogens with one attached hydrogen (secondary N) is 2. The van der Waals surface area contributed by atoms with Crippen molar-refractivity contribution in [3.63, 3.8) is 0 Å². The molecule has 3 N–H and O–H groups in total. The minimum absolute atomic E-state index is 0.0920. The highest BCUT2D eigenvalue weighted by molar-refractivity contribution is 5.79. The molecule has 1 aliphatic heterocycles. The van der Waals surface area contributed by atoms with Crippen LogP contribution in [0.15, 0.2) is 0 Å². The number of amides is 2. The van der Waals surface area contributed by atoms with Gasteiger partial charge >= 0.3 is 12.0 Å². The number of ether oxygens (including phenoxy) is 2. The van der Waals surface area contributed by atoms with E-state index in [1.807, 2.05) is 13.8 Å². The van der Waals surface area contributed by atoms with Crippen LogP contribution in [0.25, 0.3) is 0 Å². The maximum Gasteiger partial charge on any atom is 0.315 e. The smallest absolute Gasteiger partial charge is 0.315 e. The molecule has 7 heteroatoms. The molecular formula is C12H22N2O5. The molecule has 7 nitrogen and oxygen atoms in total. The Morgan fingerprint density at radius 3 is 2.68 bits per heavy atom. The lowest BCUT2D eigenvalue weighted by atomic mass is 9.85. The Bertz CT molecular complexity index is 358. The van der Waals surface area contributed by atoms with Crippen molar-refractivity contribution in [2.75, 3.05) is 26.9 Å². The average Bonchev–Trinajstić information content (AvgIpc) is 2.60. The first-order chi connectivity index (χ1) is 8.71. The number of carbonyl (C=O) groups is 2. The molecule has 1 aliphatic rings. The molecule has 0 spiro atoms. The van der Waals surface area contributed by atoms with Gasteiger partial charge in [0.1, 0.15) is 5.41 Å². The predicted molar refractivity (Wildman–Crippen MR) is 68.0 cm³/mol. The molecule has 1 fully saturated rings. The van der Waals surface area contributed by atoms with Crippen LogP contribution in [-0.4, -0.2) is 55.6 Å². The summed E-state index contributed by atoms with van der Waals surface area (Å²) < 4.78 is 10.2. The van der Waals surface area contributed by atoms with Crippen molar-refractivity contribution < 1.29 is 24.2 Å². The number of hydrogen-bond acceptors (Lipinski definition) is 4. The van der Waals surface area contributed by atoms with E-state index in [-0.39, 0.29) is 13.2 Å². The summed E-state index contributed by atoms with van der Waals surface area (Å²) in [5.74, 6) is -0.980. The van der Waals surface area contributed by atoms with Crippen molar-refractivity contribution in [1.82, 2.24) is 10.6 Å². The van der Waals surface area contributed by atoms with Crippen molar-refractivity contribution in [3.05, 3.63) is 0 Å². The summed E-state index contributed by atoms with van der Waals surface area (Å²) in [6.45, 7) is 5.84. The molecule has 0 saturated carbocycles. The van der Waals surface area contributed by atoms with Gasteiger partial charge in [-0.3, -0.25) is 4.79 Å². The van der Waals surface area contributed by atoms with E-state index >= 15 is 0 Å². The van der Waals surface area contributed by atoms with Gasteiger partial charge in [0.25, 0.3) is 0 Å². The SMILES string of the molecule is COCC(C)(C)NC(=O)NC1COCC1(C)C(=O)O. The van der Waals surface area contributed by atoms with E-state index < -0.39 is 29.0 Å². The first kappa shape index (κ1) is 15.7. The highest BCUT2D eigenvalue weighted by Crippen LogP contribution is 2.28. The van der Waals surface area contributed by atoms with E-state index in [1.165, 1.54) is 0 Å². The van der Waals surface area contributed by atoms with Gasteiger partial charge in [0.05, 0.1) is 31.4 Å². The second-order valence-electron chi connectivity index (χ2n) is 5.71. The van der Waals surface area contributed by atoms with E-state index in [1.54, 1.807) is 14.0 Å². The lowest BCUT2D eigenvalue weighted by Gasteiger charge is -2.29. The van der Waals surface area contributed by atoms with Gasteiger partial charge < -0.3 is 25.2 Å². The molecule has 19 heavy (non-hydrogen) atoms. The normalized spacial score (nSPS) is 27.1. The number of carboxylic acid groups (broad SMARTS) is 1. The summed E-state index contributed by atoms with van der Waals surface area (Å²) >= 11 is 0. The molecule has 2 atom stereocenters. The van der Waals surface area contributed by atoms with Crippen LogP contribution in [0.3, 0.4) is 0 Å². The molecule has 1 heterocycles. The summed E-state index contributed by atoms with van der Waals surface area (Å²) in [6, 6.07) is -0.978. The fourth-order valence-electron chi connectivity index (χ4n) is 1.98. The van der Waals surface area contributed by atoms with Gasteiger partial charge in [0.2, 0.25) is 0 Å². The van der Waals surface area contributed by atoms with Crippen LogP contribution in [0.1, 0.15) is 20.8 Å². The van der Waals surface area contributed by atoms with Crippen LogP contribution in [0.4, 0.5) is 4.79 Å². The number of methoxy groups -OCH3 is 1. The number of carbonyl (C=O) groups excluding carboxylic acids is 1. The van der Waals surface area contributed by atoms with E-state index in [0.29, 0.717) is 6.61 Å². The molecule has 1 rings (SSSR count). The third kappa shape index (κ3) is 3.81. The molecule has 110 valence electrons. The Morgan fingerprint density at radius 1 is 1.53 bits per heavy atom. The molecular weight excluding hydrogens is 252 g/mol. The highest BCUT2D eigenvalue weighted by atomic mass is 16.5. The Balaban J connectivity index is 2.60. The Morgan fingerprint density at radius 2 is 2.16 bits per heavy atom. The van der Waals surface area contributed by atoms with Crippen LogP contribution in [0, 0.1) is 5.41 Å². The van der Waals surface area contributed by atoms with Crippen molar-refractivity contribution in [1.29, 1.82) is 0 Å². The number of urea groups is 1. The van der Waals surface area contributed by atoms with Gasteiger partial charge in [-0.2, -0.15) is 0 Å². The minimum atomic E-state index is -1.09. The first-order valence-electron chi connectivity index (χ1n) is 6.10. The standard InChI is InChI=1S/C12H22N2O5/c1-11(2,6-18-4)14-10(17)13-8-5-19-7-12(8,3)9(15)16/h8H,5-7H2,1-4H3,(H,15,16)(H2,13,14,17). The average molecular weight is 274 g/mol. The van der Waals surface area contributed by atoms with Crippen molar-refractivity contribution in [3.8, 4) is 0 Å². The minimum Gasteiger partial charge on any atom is -0.481 e. The third-order valence-electron chi connectivity index (χ3n) is 3.21. The largest absolute Gasteiger partial charge is 0.481 e. The van der Waals surface area contributed by atoms with Crippen molar-refractivity contribution >= 4 is 12.0 Å². The number of rotatable bonds is 5. The van der Waals surface area contributed by atoms with Crippen molar-refractivity contribution in [2.45, 2.75) is 32.4 Å². The second kappa shape index (κ2) is 5.75. The summed E-state index contributed by atoms with van der Waals surface area (Å²) in [5.41, 5.74) is -1.62. The summed E-state index contributed by atoms with van der Waals surface area (Å²) in [5, 5.41) is 14.6. The molecule has 0 aromatic carbocycles. The maximum atomic E-state index is 11.9. The quantitative estimate of drug-likeness (QED) is 0.665. The zero-order chi connectivity index (χ0) is 14.7. The molecule has 2 unspecified atom stereocenters. The zero-order valence-electron chi connectivity index (χ0n) is 11.8. The summed E-state index contributed by atoms with van der Waals surface area (Å²) in [7, 11) is 1.55. The van der Waals surface area contributed by atoms with Gasteiger partial charge in [-0.25, -0.2) is 4.79 Å². The predicted octanol–water partition coefficient (Wildman–Crippen LogP) is 0.200. The Hall–Kier alpha value is -1.34. The van der Waals surface area contributed by atoms with Gasteiger partial charge in [-0.1, -0.05) is 0 Å². The number of hydrogen-bond donors (Lipinski definition) is 3. The fraction of sp³-hybridized carbons (Fsp3) is 0.833. The van der Waals surface area contributed by atoms with Crippen LogP contribution >= 0.6 is 0 Å². The second-order valence-corrected chi connectivity index (χ2v) is 5.71. The molecule has 0 aromatic heterocycles. The topological polar surface area (TPSA) is 96.9 Å². The van der Waals surface area contributed by atoms with Crippen LogP contribution in [0.5, 0.6) is 0 Å². The van der Waals surface area contributed by atoms with E-state index in [2.05, 4.69) is 10.6 Å². The highest BCUT2D eigenvalue weighted by Gasteiger charge is 2.47. The van der Waals surface area contributed by atoms with Crippen molar-refractivity contribution in [2.24, 2.45) is 5.41 Å². The van der Waals surface area contributed by atoms with E-state index in [0.717, 1.165) is 0 Å². The zero-order valence-corrected chi connectivity index (χ0v) is 11.8. The van der Waals surface area contributed by atoms with Gasteiger partial charge in [0, 0.05) is 7.11 Å². The summed E-state index contributed by atoms with van der Waals surface area (Å²) in [6.07, 6.45) is 0. The Labute approximate surface area is 112 Å². The lowest BCUT2D eigenvalue weighted by molar-refractivity contribution is -0.148. The van der Waals surface area contributed by atoms with Crippen LogP contribution < -0.4 is 10.6 Å². The fourth-order valence-corrected chi connectivity index (χ4v) is 1.98. The van der Waals surface area contributed by atoms with Gasteiger partial charge in [-0.15, -0.1) is 0 Å². The first-order valence-corrected chi connectivity index (χ1v) is 6.10. The molecule has 2 amide bonds. The monoisotopic (exact) mass is 274 g/mol. The molecule has 0 bridgehead atoms.